The molecule has 3 rings (SSSR count). The van der Waals surface area contributed by atoms with Gasteiger partial charge in [0.25, 0.3) is 0 Å². The molecule has 0 aliphatic rings. The highest BCUT2D eigenvalue weighted by Crippen LogP contribution is 2.27. The fourth-order valence-electron chi connectivity index (χ4n) is 2.38. The number of ether oxygens (including phenoxy) is 1. The average molecular weight is 355 g/mol. The molecular weight excluding hydrogens is 336 g/mol. The van der Waals surface area contributed by atoms with Gasteiger partial charge in [0.1, 0.15) is 11.6 Å². The van der Waals surface area contributed by atoms with E-state index in [-0.39, 0.29) is 0 Å². The number of nitrogens with zero attached hydrogens (tertiary/aromatic N) is 2. The first-order valence-corrected chi connectivity index (χ1v) is 8.22. The lowest BCUT2D eigenvalue weighted by molar-refractivity contribution is 0.417. The van der Waals surface area contributed by atoms with Gasteiger partial charge in [-0.3, -0.25) is 0 Å². The fourth-order valence-corrected chi connectivity index (χ4v) is 2.56. The molecule has 3 aromatic rings. The van der Waals surface area contributed by atoms with E-state index in [1.807, 2.05) is 62.4 Å². The quantitative estimate of drug-likeness (QED) is 0.656. The minimum absolute atomic E-state index is 0.491. The van der Waals surface area contributed by atoms with Gasteiger partial charge in [0, 0.05) is 22.5 Å². The number of hydrogen-bond acceptors (Lipinski definition) is 5. The highest BCUT2D eigenvalue weighted by Gasteiger charge is 2.07. The largest absolute Gasteiger partial charge is 0.495 e. The topological polar surface area (TPSA) is 59.1 Å². The molecule has 0 spiro atoms. The van der Waals surface area contributed by atoms with E-state index in [4.69, 9.17) is 16.3 Å². The normalized spacial score (nSPS) is 10.4. The summed E-state index contributed by atoms with van der Waals surface area (Å²) in [5.41, 5.74) is 3.55. The summed E-state index contributed by atoms with van der Waals surface area (Å²) < 4.78 is 5.35. The van der Waals surface area contributed by atoms with Crippen LogP contribution < -0.4 is 15.4 Å². The maximum Gasteiger partial charge on any atom is 0.229 e. The van der Waals surface area contributed by atoms with Crippen molar-refractivity contribution in [1.29, 1.82) is 0 Å². The van der Waals surface area contributed by atoms with Crippen LogP contribution in [0.2, 0.25) is 5.02 Å². The van der Waals surface area contributed by atoms with E-state index in [1.165, 1.54) is 0 Å². The Morgan fingerprint density at radius 3 is 2.52 bits per heavy atom. The predicted octanol–water partition coefficient (Wildman–Crippen LogP) is 5.24. The van der Waals surface area contributed by atoms with Crippen LogP contribution in [-0.4, -0.2) is 17.1 Å². The number of methoxy groups -OCH3 is 1. The van der Waals surface area contributed by atoms with Gasteiger partial charge in [-0.2, -0.15) is 4.98 Å². The molecule has 25 heavy (non-hydrogen) atoms. The van der Waals surface area contributed by atoms with Crippen LogP contribution in [0.25, 0.3) is 0 Å². The Morgan fingerprint density at radius 1 is 0.960 bits per heavy atom. The summed E-state index contributed by atoms with van der Waals surface area (Å²) in [7, 11) is 1.63. The summed E-state index contributed by atoms with van der Waals surface area (Å²) in [6.45, 7) is 3.89. The molecule has 0 radical (unpaired) electrons. The smallest absolute Gasteiger partial charge is 0.229 e. The van der Waals surface area contributed by atoms with E-state index in [9.17, 15) is 0 Å². The number of halogens is 1. The Morgan fingerprint density at radius 2 is 1.76 bits per heavy atom. The monoisotopic (exact) mass is 354 g/mol. The third-order valence-electron chi connectivity index (χ3n) is 3.65. The number of anilines is 4. The SMILES string of the molecule is COc1ccccc1Nc1nc(C)cc(Nc2ccc(C)c(Cl)c2)n1. The minimum Gasteiger partial charge on any atom is -0.495 e. The Balaban J connectivity index is 1.86. The van der Waals surface area contributed by atoms with E-state index < -0.39 is 0 Å². The zero-order valence-corrected chi connectivity index (χ0v) is 15.1. The highest BCUT2D eigenvalue weighted by molar-refractivity contribution is 6.31. The lowest BCUT2D eigenvalue weighted by Gasteiger charge is -2.12. The number of aromatic nitrogens is 2. The number of benzene rings is 2. The van der Waals surface area contributed by atoms with Crippen LogP contribution in [0, 0.1) is 13.8 Å². The first kappa shape index (κ1) is 17.0. The maximum absolute atomic E-state index is 6.18. The van der Waals surface area contributed by atoms with E-state index >= 15 is 0 Å². The summed E-state index contributed by atoms with van der Waals surface area (Å²) in [5, 5.41) is 7.17. The average Bonchev–Trinajstić information content (AvgIpc) is 2.58. The Hall–Kier alpha value is -2.79. The summed E-state index contributed by atoms with van der Waals surface area (Å²) in [6, 6.07) is 15.3. The van der Waals surface area contributed by atoms with E-state index in [0.29, 0.717) is 16.8 Å². The van der Waals surface area contributed by atoms with Crippen LogP contribution in [-0.2, 0) is 0 Å². The summed E-state index contributed by atoms with van der Waals surface area (Å²) in [5.74, 6) is 1.91. The molecule has 0 atom stereocenters. The van der Waals surface area contributed by atoms with Crippen LogP contribution in [0.15, 0.2) is 48.5 Å². The molecule has 2 aromatic carbocycles. The predicted molar refractivity (Wildman–Crippen MR) is 103 cm³/mol. The van der Waals surface area contributed by atoms with Gasteiger partial charge in [0.05, 0.1) is 12.8 Å². The van der Waals surface area contributed by atoms with Crippen LogP contribution in [0.4, 0.5) is 23.1 Å². The minimum atomic E-state index is 0.491. The second kappa shape index (κ2) is 7.40. The van der Waals surface area contributed by atoms with Gasteiger partial charge in [-0.05, 0) is 43.7 Å². The zero-order valence-electron chi connectivity index (χ0n) is 14.3. The lowest BCUT2D eigenvalue weighted by atomic mass is 10.2. The van der Waals surface area contributed by atoms with Gasteiger partial charge < -0.3 is 15.4 Å². The van der Waals surface area contributed by atoms with Crippen LogP contribution in [0.1, 0.15) is 11.3 Å². The molecule has 0 unspecified atom stereocenters. The van der Waals surface area contributed by atoms with Crippen molar-refractivity contribution >= 4 is 34.7 Å². The van der Waals surface area contributed by atoms with E-state index in [1.54, 1.807) is 7.11 Å². The molecular formula is C19H19ClN4O. The molecule has 0 saturated carbocycles. The first-order chi connectivity index (χ1) is 12.0. The summed E-state index contributed by atoms with van der Waals surface area (Å²) in [4.78, 5) is 8.95. The Kier molecular flexibility index (Phi) is 5.05. The number of aryl methyl sites for hydroxylation is 2. The van der Waals surface area contributed by atoms with Crippen LogP contribution in [0.5, 0.6) is 5.75 Å². The van der Waals surface area contributed by atoms with Crippen molar-refractivity contribution in [2.75, 3.05) is 17.7 Å². The van der Waals surface area contributed by atoms with E-state index in [2.05, 4.69) is 20.6 Å². The van der Waals surface area contributed by atoms with Crippen molar-refractivity contribution in [1.82, 2.24) is 9.97 Å². The fraction of sp³-hybridized carbons (Fsp3) is 0.158. The van der Waals surface area contributed by atoms with Gasteiger partial charge in [-0.25, -0.2) is 4.98 Å². The molecule has 1 aromatic heterocycles. The van der Waals surface area contributed by atoms with Crippen molar-refractivity contribution in [3.05, 3.63) is 64.8 Å². The van der Waals surface area contributed by atoms with Gasteiger partial charge in [-0.15, -0.1) is 0 Å². The van der Waals surface area contributed by atoms with Crippen LogP contribution in [0.3, 0.4) is 0 Å². The van der Waals surface area contributed by atoms with Crippen molar-refractivity contribution in [2.24, 2.45) is 0 Å². The van der Waals surface area contributed by atoms with Crippen molar-refractivity contribution in [3.8, 4) is 5.75 Å². The van der Waals surface area contributed by atoms with Gasteiger partial charge in [0.2, 0.25) is 5.95 Å². The number of rotatable bonds is 5. The molecule has 0 bridgehead atoms. The maximum atomic E-state index is 6.18. The van der Waals surface area contributed by atoms with Crippen molar-refractivity contribution in [3.63, 3.8) is 0 Å². The third-order valence-corrected chi connectivity index (χ3v) is 4.06. The molecule has 5 nitrogen and oxygen atoms in total. The molecule has 6 heteroatoms. The molecule has 1 heterocycles. The molecule has 2 N–H and O–H groups in total. The second-order valence-electron chi connectivity index (χ2n) is 5.63. The van der Waals surface area contributed by atoms with Crippen molar-refractivity contribution < 1.29 is 4.74 Å². The third kappa shape index (κ3) is 4.19. The standard InChI is InChI=1S/C19H19ClN4O/c1-12-8-9-14(11-15(12)20)22-18-10-13(2)21-19(24-18)23-16-6-4-5-7-17(16)25-3/h4-11H,1-3H3,(H2,21,22,23,24). The van der Waals surface area contributed by atoms with Crippen molar-refractivity contribution in [2.45, 2.75) is 13.8 Å². The first-order valence-electron chi connectivity index (χ1n) is 7.84. The molecule has 128 valence electrons. The highest BCUT2D eigenvalue weighted by atomic mass is 35.5. The van der Waals surface area contributed by atoms with Gasteiger partial charge >= 0.3 is 0 Å². The molecule has 0 aliphatic heterocycles. The Labute approximate surface area is 152 Å². The molecule has 0 saturated heterocycles. The Bertz CT molecular complexity index is 898. The molecule has 0 fully saturated rings. The number of hydrogen-bond donors (Lipinski definition) is 2. The summed E-state index contributed by atoms with van der Waals surface area (Å²) >= 11 is 6.18. The number of nitrogens with one attached hydrogen (secondary N) is 2. The summed E-state index contributed by atoms with van der Waals surface area (Å²) in [6.07, 6.45) is 0. The zero-order chi connectivity index (χ0) is 17.8. The van der Waals surface area contributed by atoms with Gasteiger partial charge in [0.15, 0.2) is 0 Å². The second-order valence-corrected chi connectivity index (χ2v) is 6.04. The molecule has 0 aliphatic carbocycles. The van der Waals surface area contributed by atoms with Crippen LogP contribution >= 0.6 is 11.6 Å². The van der Waals surface area contributed by atoms with Gasteiger partial charge in [-0.1, -0.05) is 29.8 Å². The number of para-hydroxylation sites is 2. The van der Waals surface area contributed by atoms with E-state index in [0.717, 1.165) is 28.4 Å². The molecule has 0 amide bonds. The lowest BCUT2D eigenvalue weighted by Crippen LogP contribution is -2.03.